The highest BCUT2D eigenvalue weighted by atomic mass is 16.4. The highest BCUT2D eigenvalue weighted by molar-refractivity contribution is 5.94. The minimum atomic E-state index is -0.858. The van der Waals surface area contributed by atoms with Crippen LogP contribution >= 0.6 is 0 Å². The van der Waals surface area contributed by atoms with Gasteiger partial charge in [0.2, 0.25) is 0 Å². The molecular formula is C15H19NO3. The Morgan fingerprint density at radius 3 is 2.58 bits per heavy atom. The Morgan fingerprint density at radius 1 is 1.26 bits per heavy atom. The fourth-order valence-electron chi connectivity index (χ4n) is 2.65. The third-order valence-corrected chi connectivity index (χ3v) is 4.04. The Morgan fingerprint density at radius 2 is 1.95 bits per heavy atom. The van der Waals surface area contributed by atoms with Gasteiger partial charge in [0, 0.05) is 11.6 Å². The summed E-state index contributed by atoms with van der Waals surface area (Å²) in [6, 6.07) is 8.61. The number of carboxylic acid groups (broad SMARTS) is 1. The van der Waals surface area contributed by atoms with Crippen molar-refractivity contribution in [2.75, 3.05) is 0 Å². The molecule has 0 spiro atoms. The SMILES string of the molecule is C[C@]1(C(=O)O)CCCC[C@@H]1NC(=O)c1ccccc1. The molecule has 0 heterocycles. The zero-order valence-corrected chi connectivity index (χ0v) is 11.1. The molecule has 1 aromatic rings. The standard InChI is InChI=1S/C15H19NO3/c1-15(14(18)19)10-6-5-9-12(15)16-13(17)11-7-3-2-4-8-11/h2-4,7-8,12H,5-6,9-10H2,1H3,(H,16,17)(H,18,19)/t12-,15-/m0/s1. The fourth-order valence-corrected chi connectivity index (χ4v) is 2.65. The molecule has 1 aromatic carbocycles. The van der Waals surface area contributed by atoms with E-state index in [1.54, 1.807) is 31.2 Å². The van der Waals surface area contributed by atoms with Crippen LogP contribution in [-0.2, 0) is 4.79 Å². The van der Waals surface area contributed by atoms with Crippen LogP contribution in [0.25, 0.3) is 0 Å². The van der Waals surface area contributed by atoms with E-state index in [0.29, 0.717) is 12.0 Å². The zero-order valence-electron chi connectivity index (χ0n) is 11.1. The van der Waals surface area contributed by atoms with Crippen molar-refractivity contribution in [3.63, 3.8) is 0 Å². The van der Waals surface area contributed by atoms with Gasteiger partial charge in [-0.1, -0.05) is 31.0 Å². The van der Waals surface area contributed by atoms with Gasteiger partial charge in [0.05, 0.1) is 5.41 Å². The predicted octanol–water partition coefficient (Wildman–Crippen LogP) is 2.45. The summed E-state index contributed by atoms with van der Waals surface area (Å²) in [5.74, 6) is -1.02. The molecule has 1 fully saturated rings. The molecule has 1 saturated carbocycles. The molecule has 1 aliphatic carbocycles. The maximum absolute atomic E-state index is 12.1. The van der Waals surface area contributed by atoms with Crippen LogP contribution in [0.1, 0.15) is 43.0 Å². The van der Waals surface area contributed by atoms with E-state index in [1.807, 2.05) is 6.07 Å². The molecule has 0 bridgehead atoms. The van der Waals surface area contributed by atoms with Gasteiger partial charge >= 0.3 is 5.97 Å². The van der Waals surface area contributed by atoms with E-state index in [0.717, 1.165) is 19.3 Å². The molecule has 0 saturated heterocycles. The van der Waals surface area contributed by atoms with Crippen LogP contribution in [-0.4, -0.2) is 23.0 Å². The first-order valence-electron chi connectivity index (χ1n) is 6.63. The Hall–Kier alpha value is -1.84. The minimum absolute atomic E-state index is 0.194. The fraction of sp³-hybridized carbons (Fsp3) is 0.467. The molecule has 0 radical (unpaired) electrons. The molecule has 4 nitrogen and oxygen atoms in total. The number of nitrogens with one attached hydrogen (secondary N) is 1. The van der Waals surface area contributed by atoms with Crippen molar-refractivity contribution in [3.05, 3.63) is 35.9 Å². The lowest BCUT2D eigenvalue weighted by Gasteiger charge is -2.38. The van der Waals surface area contributed by atoms with Gasteiger partial charge in [0.15, 0.2) is 0 Å². The van der Waals surface area contributed by atoms with Crippen LogP contribution in [0, 0.1) is 5.41 Å². The topological polar surface area (TPSA) is 66.4 Å². The van der Waals surface area contributed by atoms with Crippen LogP contribution in [0.2, 0.25) is 0 Å². The minimum Gasteiger partial charge on any atom is -0.481 e. The Kier molecular flexibility index (Phi) is 3.88. The van der Waals surface area contributed by atoms with Gasteiger partial charge in [-0.15, -0.1) is 0 Å². The highest BCUT2D eigenvalue weighted by Crippen LogP contribution is 2.36. The van der Waals surface area contributed by atoms with E-state index in [1.165, 1.54) is 0 Å². The first kappa shape index (κ1) is 13.6. The second-order valence-corrected chi connectivity index (χ2v) is 5.36. The van der Waals surface area contributed by atoms with Gasteiger partial charge in [-0.2, -0.15) is 0 Å². The summed E-state index contributed by atoms with van der Waals surface area (Å²) in [5.41, 5.74) is -0.288. The quantitative estimate of drug-likeness (QED) is 0.878. The molecule has 0 unspecified atom stereocenters. The number of hydrogen-bond acceptors (Lipinski definition) is 2. The number of carbonyl (C=O) groups is 2. The van der Waals surface area contributed by atoms with Crippen molar-refractivity contribution in [2.45, 2.75) is 38.6 Å². The lowest BCUT2D eigenvalue weighted by atomic mass is 9.71. The molecule has 4 heteroatoms. The molecule has 0 aromatic heterocycles. The van der Waals surface area contributed by atoms with Crippen LogP contribution in [0.3, 0.4) is 0 Å². The summed E-state index contributed by atoms with van der Waals surface area (Å²) in [6.45, 7) is 1.73. The molecule has 102 valence electrons. The van der Waals surface area contributed by atoms with Crippen molar-refractivity contribution in [1.29, 1.82) is 0 Å². The molecule has 2 N–H and O–H groups in total. The average molecular weight is 261 g/mol. The smallest absolute Gasteiger partial charge is 0.311 e. The van der Waals surface area contributed by atoms with Gasteiger partial charge in [-0.05, 0) is 31.9 Å². The average Bonchev–Trinajstić information content (AvgIpc) is 2.42. The molecule has 1 aliphatic rings. The van der Waals surface area contributed by atoms with Crippen molar-refractivity contribution in [2.24, 2.45) is 5.41 Å². The highest BCUT2D eigenvalue weighted by Gasteiger charge is 2.43. The monoisotopic (exact) mass is 261 g/mol. The van der Waals surface area contributed by atoms with E-state index in [-0.39, 0.29) is 11.9 Å². The van der Waals surface area contributed by atoms with Gasteiger partial charge < -0.3 is 10.4 Å². The number of rotatable bonds is 3. The van der Waals surface area contributed by atoms with E-state index in [9.17, 15) is 14.7 Å². The van der Waals surface area contributed by atoms with Gasteiger partial charge in [0.1, 0.15) is 0 Å². The number of aliphatic carboxylic acids is 1. The Labute approximate surface area is 112 Å². The lowest BCUT2D eigenvalue weighted by molar-refractivity contribution is -0.151. The van der Waals surface area contributed by atoms with E-state index in [4.69, 9.17) is 0 Å². The molecule has 1 amide bonds. The van der Waals surface area contributed by atoms with Crippen molar-refractivity contribution >= 4 is 11.9 Å². The first-order chi connectivity index (χ1) is 9.04. The molecular weight excluding hydrogens is 242 g/mol. The normalized spacial score (nSPS) is 26.7. The molecule has 0 aliphatic heterocycles. The van der Waals surface area contributed by atoms with Crippen molar-refractivity contribution < 1.29 is 14.7 Å². The van der Waals surface area contributed by atoms with Crippen LogP contribution < -0.4 is 5.32 Å². The molecule has 2 atom stereocenters. The van der Waals surface area contributed by atoms with Crippen LogP contribution in [0.4, 0.5) is 0 Å². The molecule has 2 rings (SSSR count). The Bertz CT molecular complexity index is 472. The second-order valence-electron chi connectivity index (χ2n) is 5.36. The lowest BCUT2D eigenvalue weighted by Crippen LogP contribution is -2.52. The largest absolute Gasteiger partial charge is 0.481 e. The van der Waals surface area contributed by atoms with Crippen LogP contribution in [0.5, 0.6) is 0 Å². The number of hydrogen-bond donors (Lipinski definition) is 2. The summed E-state index contributed by atoms with van der Waals surface area (Å²) in [4.78, 5) is 23.6. The van der Waals surface area contributed by atoms with Crippen molar-refractivity contribution in [3.8, 4) is 0 Å². The predicted molar refractivity (Wildman–Crippen MR) is 71.9 cm³/mol. The first-order valence-corrected chi connectivity index (χ1v) is 6.63. The number of benzene rings is 1. The summed E-state index contributed by atoms with van der Waals surface area (Å²) in [7, 11) is 0. The maximum atomic E-state index is 12.1. The summed E-state index contributed by atoms with van der Waals surface area (Å²) in [5, 5.41) is 12.3. The summed E-state index contributed by atoms with van der Waals surface area (Å²) in [6.07, 6.45) is 3.20. The number of carbonyl (C=O) groups excluding carboxylic acids is 1. The van der Waals surface area contributed by atoms with E-state index < -0.39 is 11.4 Å². The number of amides is 1. The molecule has 19 heavy (non-hydrogen) atoms. The summed E-state index contributed by atoms with van der Waals surface area (Å²) < 4.78 is 0. The third-order valence-electron chi connectivity index (χ3n) is 4.04. The maximum Gasteiger partial charge on any atom is 0.311 e. The van der Waals surface area contributed by atoms with Crippen LogP contribution in [0.15, 0.2) is 30.3 Å². The van der Waals surface area contributed by atoms with E-state index in [2.05, 4.69) is 5.32 Å². The van der Waals surface area contributed by atoms with Gasteiger partial charge in [-0.3, -0.25) is 9.59 Å². The van der Waals surface area contributed by atoms with E-state index >= 15 is 0 Å². The van der Waals surface area contributed by atoms with Crippen molar-refractivity contribution in [1.82, 2.24) is 5.32 Å². The third kappa shape index (κ3) is 2.78. The Balaban J connectivity index is 2.12. The summed E-state index contributed by atoms with van der Waals surface area (Å²) >= 11 is 0. The zero-order chi connectivity index (χ0) is 13.9. The van der Waals surface area contributed by atoms with Gasteiger partial charge in [-0.25, -0.2) is 0 Å². The second kappa shape index (κ2) is 5.43. The van der Waals surface area contributed by atoms with Gasteiger partial charge in [0.25, 0.3) is 5.91 Å². The number of carboxylic acids is 1.